The number of benzene rings is 3. The molecule has 2 aromatic heterocycles. The number of ketones is 1. The normalized spacial score (nSPS) is 12.2. The number of carbonyl (C=O) groups excluding carboxylic acids is 2. The molecule has 0 bridgehead atoms. The van der Waals surface area contributed by atoms with Crippen molar-refractivity contribution in [1.29, 1.82) is 0 Å². The van der Waals surface area contributed by atoms with Gasteiger partial charge in [-0.15, -0.1) is 10.2 Å². The SMILES string of the molecule is Cc1ccc2c(c1)c(=O)n(C)c1nnc(COC(=O)c3ccc4c(c3)C(=O)c3ccccc3-4)n21. The van der Waals surface area contributed by atoms with E-state index in [9.17, 15) is 14.4 Å². The van der Waals surface area contributed by atoms with Crippen LogP contribution >= 0.6 is 0 Å². The molecular formula is C26H18N4O4. The quantitative estimate of drug-likeness (QED) is 0.383. The van der Waals surface area contributed by atoms with Crippen molar-refractivity contribution in [2.45, 2.75) is 13.5 Å². The molecule has 6 rings (SSSR count). The number of carbonyl (C=O) groups is 2. The molecule has 0 spiro atoms. The lowest BCUT2D eigenvalue weighted by Gasteiger charge is -2.09. The molecule has 2 heterocycles. The van der Waals surface area contributed by atoms with Crippen molar-refractivity contribution in [3.63, 3.8) is 0 Å². The second-order valence-electron chi connectivity index (χ2n) is 8.35. The van der Waals surface area contributed by atoms with Crippen LogP contribution in [0.15, 0.2) is 65.5 Å². The van der Waals surface area contributed by atoms with E-state index in [-0.39, 0.29) is 23.5 Å². The van der Waals surface area contributed by atoms with Crippen molar-refractivity contribution in [2.75, 3.05) is 0 Å². The van der Waals surface area contributed by atoms with Crippen LogP contribution in [-0.4, -0.2) is 30.9 Å². The van der Waals surface area contributed by atoms with Gasteiger partial charge in [-0.05, 0) is 42.3 Å². The molecule has 5 aromatic rings. The maximum atomic E-state index is 12.8. The lowest BCUT2D eigenvalue weighted by Crippen LogP contribution is -2.20. The van der Waals surface area contributed by atoms with E-state index in [0.717, 1.165) is 16.7 Å². The Kier molecular flexibility index (Phi) is 4.25. The average Bonchev–Trinajstić information content (AvgIpc) is 3.40. The zero-order chi connectivity index (χ0) is 23.6. The van der Waals surface area contributed by atoms with Crippen molar-refractivity contribution < 1.29 is 14.3 Å². The summed E-state index contributed by atoms with van der Waals surface area (Å²) < 4.78 is 8.67. The van der Waals surface area contributed by atoms with Crippen LogP contribution in [0, 0.1) is 6.92 Å². The molecule has 1 aliphatic carbocycles. The van der Waals surface area contributed by atoms with Crippen LogP contribution in [0.25, 0.3) is 27.8 Å². The van der Waals surface area contributed by atoms with Crippen LogP contribution in [-0.2, 0) is 18.4 Å². The van der Waals surface area contributed by atoms with E-state index in [2.05, 4.69) is 10.2 Å². The number of aryl methyl sites for hydroxylation is 2. The Morgan fingerprint density at radius 1 is 0.912 bits per heavy atom. The zero-order valence-corrected chi connectivity index (χ0v) is 18.4. The molecule has 3 aromatic carbocycles. The van der Waals surface area contributed by atoms with E-state index in [1.54, 1.807) is 35.7 Å². The fraction of sp³-hybridized carbons (Fsp3) is 0.115. The maximum Gasteiger partial charge on any atom is 0.338 e. The summed E-state index contributed by atoms with van der Waals surface area (Å²) in [5.41, 5.74) is 4.49. The van der Waals surface area contributed by atoms with Crippen LogP contribution in [0.5, 0.6) is 0 Å². The van der Waals surface area contributed by atoms with Gasteiger partial charge in [-0.1, -0.05) is 42.0 Å². The number of aromatic nitrogens is 4. The summed E-state index contributed by atoms with van der Waals surface area (Å²) in [6.45, 7) is 1.77. The Hall–Kier alpha value is -4.59. The Labute approximate surface area is 193 Å². The largest absolute Gasteiger partial charge is 0.454 e. The highest BCUT2D eigenvalue weighted by atomic mass is 16.5. The molecule has 1 aliphatic rings. The number of ether oxygens (including phenoxy) is 1. The van der Waals surface area contributed by atoms with Crippen LogP contribution in [0.3, 0.4) is 0 Å². The van der Waals surface area contributed by atoms with Gasteiger partial charge in [-0.25, -0.2) is 4.79 Å². The number of hydrogen-bond acceptors (Lipinski definition) is 6. The summed E-state index contributed by atoms with van der Waals surface area (Å²) >= 11 is 0. The lowest BCUT2D eigenvalue weighted by molar-refractivity contribution is 0.0461. The van der Waals surface area contributed by atoms with Gasteiger partial charge in [-0.2, -0.15) is 0 Å². The first-order chi connectivity index (χ1) is 16.4. The summed E-state index contributed by atoms with van der Waals surface area (Å²) in [6.07, 6.45) is 0. The number of rotatable bonds is 3. The molecule has 0 atom stereocenters. The smallest absolute Gasteiger partial charge is 0.338 e. The van der Waals surface area contributed by atoms with Gasteiger partial charge in [0.15, 0.2) is 18.2 Å². The van der Waals surface area contributed by atoms with E-state index < -0.39 is 5.97 Å². The Bertz CT molecular complexity index is 1750. The first-order valence-electron chi connectivity index (χ1n) is 10.7. The van der Waals surface area contributed by atoms with Crippen molar-refractivity contribution in [3.05, 3.63) is 99.1 Å². The molecule has 0 radical (unpaired) electrons. The number of hydrogen-bond donors (Lipinski definition) is 0. The third-order valence-corrected chi connectivity index (χ3v) is 6.24. The van der Waals surface area contributed by atoms with E-state index in [4.69, 9.17) is 4.74 Å². The fourth-order valence-electron chi connectivity index (χ4n) is 4.52. The molecule has 0 fully saturated rings. The third-order valence-electron chi connectivity index (χ3n) is 6.24. The number of esters is 1. The molecule has 0 amide bonds. The molecule has 34 heavy (non-hydrogen) atoms. The molecule has 0 N–H and O–H groups in total. The van der Waals surface area contributed by atoms with Crippen molar-refractivity contribution in [2.24, 2.45) is 7.05 Å². The van der Waals surface area contributed by atoms with Crippen molar-refractivity contribution in [1.82, 2.24) is 19.2 Å². The minimum absolute atomic E-state index is 0.105. The standard InChI is InChI=1S/C26H18N4O4/c1-14-7-10-21-20(11-14)24(32)29(2)26-28-27-22(30(21)26)13-34-25(33)15-8-9-17-16-5-3-4-6-18(16)23(31)19(17)12-15/h3-12H,13H2,1-2H3. The summed E-state index contributed by atoms with van der Waals surface area (Å²) in [6, 6.07) is 17.9. The summed E-state index contributed by atoms with van der Waals surface area (Å²) in [5, 5.41) is 8.80. The topological polar surface area (TPSA) is 95.6 Å². The number of fused-ring (bicyclic) bond motifs is 6. The highest BCUT2D eigenvalue weighted by Crippen LogP contribution is 2.36. The second kappa shape index (κ2) is 7.21. The van der Waals surface area contributed by atoms with Crippen LogP contribution in [0.4, 0.5) is 0 Å². The van der Waals surface area contributed by atoms with Gasteiger partial charge in [0.25, 0.3) is 5.56 Å². The average molecular weight is 450 g/mol. The Morgan fingerprint density at radius 3 is 2.50 bits per heavy atom. The predicted molar refractivity (Wildman–Crippen MR) is 125 cm³/mol. The van der Waals surface area contributed by atoms with Gasteiger partial charge in [0.2, 0.25) is 5.78 Å². The second-order valence-corrected chi connectivity index (χ2v) is 8.35. The van der Waals surface area contributed by atoms with E-state index in [0.29, 0.717) is 33.6 Å². The van der Waals surface area contributed by atoms with Gasteiger partial charge in [0.05, 0.1) is 16.5 Å². The summed E-state index contributed by atoms with van der Waals surface area (Å²) in [7, 11) is 1.63. The molecule has 0 unspecified atom stereocenters. The maximum absolute atomic E-state index is 12.8. The number of nitrogens with zero attached hydrogens (tertiary/aromatic N) is 4. The molecule has 8 nitrogen and oxygen atoms in total. The first kappa shape index (κ1) is 20.0. The summed E-state index contributed by atoms with van der Waals surface area (Å²) in [5.74, 6) is 0.0606. The molecule has 166 valence electrons. The fourth-order valence-corrected chi connectivity index (χ4v) is 4.52. The molecular weight excluding hydrogens is 432 g/mol. The highest BCUT2D eigenvalue weighted by molar-refractivity contribution is 6.22. The Balaban J connectivity index is 1.33. The third kappa shape index (κ3) is 2.82. The minimum atomic E-state index is -0.576. The highest BCUT2D eigenvalue weighted by Gasteiger charge is 2.27. The minimum Gasteiger partial charge on any atom is -0.454 e. The van der Waals surface area contributed by atoms with E-state index in [1.165, 1.54) is 4.57 Å². The molecule has 8 heteroatoms. The van der Waals surface area contributed by atoms with Crippen LogP contribution in [0.2, 0.25) is 0 Å². The van der Waals surface area contributed by atoms with Crippen LogP contribution in [0.1, 0.15) is 37.7 Å². The van der Waals surface area contributed by atoms with E-state index in [1.807, 2.05) is 43.3 Å². The van der Waals surface area contributed by atoms with Crippen molar-refractivity contribution in [3.8, 4) is 11.1 Å². The molecule has 0 aliphatic heterocycles. The van der Waals surface area contributed by atoms with Gasteiger partial charge in [-0.3, -0.25) is 18.6 Å². The van der Waals surface area contributed by atoms with Gasteiger partial charge in [0.1, 0.15) is 0 Å². The Morgan fingerprint density at radius 2 is 1.68 bits per heavy atom. The molecule has 0 saturated heterocycles. The lowest BCUT2D eigenvalue weighted by atomic mass is 10.0. The predicted octanol–water partition coefficient (Wildman–Crippen LogP) is 3.46. The first-order valence-corrected chi connectivity index (χ1v) is 10.7. The van der Waals surface area contributed by atoms with Gasteiger partial charge < -0.3 is 4.74 Å². The monoisotopic (exact) mass is 450 g/mol. The van der Waals surface area contributed by atoms with E-state index >= 15 is 0 Å². The van der Waals surface area contributed by atoms with Gasteiger partial charge >= 0.3 is 5.97 Å². The van der Waals surface area contributed by atoms with Gasteiger partial charge in [0, 0.05) is 18.2 Å². The summed E-state index contributed by atoms with van der Waals surface area (Å²) in [4.78, 5) is 38.3. The zero-order valence-electron chi connectivity index (χ0n) is 18.4. The van der Waals surface area contributed by atoms with Crippen molar-refractivity contribution >= 4 is 28.4 Å². The van der Waals surface area contributed by atoms with Crippen LogP contribution < -0.4 is 5.56 Å². The molecule has 0 saturated carbocycles.